The van der Waals surface area contributed by atoms with Crippen LogP contribution in [0.15, 0.2) is 28.7 Å². The highest BCUT2D eigenvalue weighted by atomic mass is 16.5. The molecule has 1 aromatic heterocycles. The van der Waals surface area contributed by atoms with Gasteiger partial charge in [-0.3, -0.25) is 0 Å². The molecule has 0 aliphatic heterocycles. The molecule has 0 saturated heterocycles. The first-order valence-electron chi connectivity index (χ1n) is 6.11. The van der Waals surface area contributed by atoms with Gasteiger partial charge in [-0.15, -0.1) is 4.73 Å². The Morgan fingerprint density at radius 3 is 2.00 bits per heavy atom. The Bertz CT molecular complexity index is 559. The molecule has 18 heavy (non-hydrogen) atoms. The fourth-order valence-electron chi connectivity index (χ4n) is 1.84. The Balaban J connectivity index is 2.44. The van der Waals surface area contributed by atoms with E-state index in [0.717, 1.165) is 10.3 Å². The zero-order chi connectivity index (χ0) is 13.5. The average Bonchev–Trinajstić information content (AvgIpc) is 2.56. The molecule has 0 saturated carbocycles. The van der Waals surface area contributed by atoms with E-state index in [2.05, 4.69) is 20.8 Å². The summed E-state index contributed by atoms with van der Waals surface area (Å²) in [5.74, 6) is 1.03. The van der Waals surface area contributed by atoms with Gasteiger partial charge in [0.1, 0.15) is 0 Å². The van der Waals surface area contributed by atoms with Gasteiger partial charge in [0.05, 0.1) is 5.56 Å². The minimum Gasteiger partial charge on any atom is -0.616 e. The quantitative estimate of drug-likeness (QED) is 0.570. The molecule has 3 heteroatoms. The van der Waals surface area contributed by atoms with Gasteiger partial charge in [0.15, 0.2) is 5.76 Å². The highest BCUT2D eigenvalue weighted by Crippen LogP contribution is 2.25. The first-order valence-corrected chi connectivity index (χ1v) is 6.11. The lowest BCUT2D eigenvalue weighted by molar-refractivity contribution is -0.602. The number of oxazole rings is 1. The minimum absolute atomic E-state index is 0.112. The number of benzene rings is 1. The predicted octanol–water partition coefficient (Wildman–Crippen LogP) is 3.49. The van der Waals surface area contributed by atoms with Gasteiger partial charge >= 0.3 is 5.89 Å². The van der Waals surface area contributed by atoms with Crippen LogP contribution in [0.1, 0.15) is 37.8 Å². The van der Waals surface area contributed by atoms with Crippen LogP contribution in [0, 0.1) is 19.1 Å². The van der Waals surface area contributed by atoms with Gasteiger partial charge in [-0.2, -0.15) is 0 Å². The van der Waals surface area contributed by atoms with Crippen molar-refractivity contribution in [1.82, 2.24) is 0 Å². The van der Waals surface area contributed by atoms with Crippen LogP contribution in [0.2, 0.25) is 0 Å². The van der Waals surface area contributed by atoms with E-state index >= 15 is 0 Å². The van der Waals surface area contributed by atoms with E-state index in [0.29, 0.717) is 17.3 Å². The third kappa shape index (κ3) is 2.13. The number of hydrogen-bond acceptors (Lipinski definition) is 2. The van der Waals surface area contributed by atoms with Crippen molar-refractivity contribution >= 4 is 0 Å². The summed E-state index contributed by atoms with van der Waals surface area (Å²) in [6.07, 6.45) is 0. The Morgan fingerprint density at radius 1 is 1.06 bits per heavy atom. The van der Waals surface area contributed by atoms with Gasteiger partial charge in [0.25, 0.3) is 0 Å². The average molecular weight is 245 g/mol. The molecular formula is C15H19NO2. The second kappa shape index (κ2) is 4.16. The first-order chi connectivity index (χ1) is 8.30. The summed E-state index contributed by atoms with van der Waals surface area (Å²) in [7, 11) is 0. The van der Waals surface area contributed by atoms with Crippen LogP contribution in [-0.4, -0.2) is 0 Å². The highest BCUT2D eigenvalue weighted by Gasteiger charge is 2.21. The highest BCUT2D eigenvalue weighted by molar-refractivity contribution is 5.52. The first kappa shape index (κ1) is 12.7. The number of aryl methyl sites for hydroxylation is 1. The van der Waals surface area contributed by atoms with Crippen LogP contribution in [-0.2, 0) is 5.41 Å². The molecule has 0 amide bonds. The van der Waals surface area contributed by atoms with E-state index in [-0.39, 0.29) is 5.41 Å². The third-order valence-corrected chi connectivity index (χ3v) is 3.25. The Hall–Kier alpha value is -1.77. The monoisotopic (exact) mass is 245 g/mol. The van der Waals surface area contributed by atoms with Gasteiger partial charge in [0, 0.05) is 13.8 Å². The molecule has 0 fully saturated rings. The van der Waals surface area contributed by atoms with Crippen molar-refractivity contribution in [2.75, 3.05) is 0 Å². The van der Waals surface area contributed by atoms with Crippen molar-refractivity contribution in [1.29, 1.82) is 0 Å². The molecule has 1 heterocycles. The van der Waals surface area contributed by atoms with Crippen LogP contribution in [0.3, 0.4) is 0 Å². The van der Waals surface area contributed by atoms with Crippen LogP contribution < -0.4 is 4.73 Å². The molecule has 96 valence electrons. The minimum atomic E-state index is 0.112. The lowest BCUT2D eigenvalue weighted by Crippen LogP contribution is -2.29. The predicted molar refractivity (Wildman–Crippen MR) is 71.3 cm³/mol. The zero-order valence-electron chi connectivity index (χ0n) is 11.6. The van der Waals surface area contributed by atoms with E-state index in [1.165, 1.54) is 5.56 Å². The van der Waals surface area contributed by atoms with Gasteiger partial charge < -0.3 is 9.62 Å². The van der Waals surface area contributed by atoms with Gasteiger partial charge in [-0.25, -0.2) is 0 Å². The number of aromatic nitrogens is 1. The summed E-state index contributed by atoms with van der Waals surface area (Å²) in [6, 6.07) is 7.96. The molecule has 1 aromatic carbocycles. The third-order valence-electron chi connectivity index (χ3n) is 3.25. The largest absolute Gasteiger partial charge is 0.616 e. The molecule has 2 aromatic rings. The second-order valence-electron chi connectivity index (χ2n) is 5.67. The van der Waals surface area contributed by atoms with Crippen molar-refractivity contribution in [3.05, 3.63) is 46.5 Å². The zero-order valence-corrected chi connectivity index (χ0v) is 11.6. The van der Waals surface area contributed by atoms with Crippen LogP contribution in [0.4, 0.5) is 0 Å². The fraction of sp³-hybridized carbons (Fsp3) is 0.400. The van der Waals surface area contributed by atoms with Gasteiger partial charge in [0.2, 0.25) is 5.69 Å². The Morgan fingerprint density at radius 2 is 1.61 bits per heavy atom. The molecule has 0 radical (unpaired) electrons. The van der Waals surface area contributed by atoms with E-state index in [4.69, 9.17) is 4.42 Å². The molecule has 0 atom stereocenters. The SMILES string of the molecule is Cc1oc(-c2ccc(C(C)(C)C)cc2)[n+]([O-])c1C. The molecule has 0 bridgehead atoms. The standard InChI is InChI=1S/C15H19NO2/c1-10-11(2)18-14(16(10)17)12-6-8-13(9-7-12)15(3,4)5/h6-9H,1-5H3. The summed E-state index contributed by atoms with van der Waals surface area (Å²) in [6.45, 7) is 10.1. The van der Waals surface area contributed by atoms with Crippen molar-refractivity contribution in [3.8, 4) is 11.5 Å². The molecule has 0 N–H and O–H groups in total. The molecular weight excluding hydrogens is 226 g/mol. The Kier molecular flexibility index (Phi) is 2.93. The number of hydrogen-bond donors (Lipinski definition) is 0. The van der Waals surface area contributed by atoms with Crippen molar-refractivity contribution in [3.63, 3.8) is 0 Å². The van der Waals surface area contributed by atoms with Gasteiger partial charge in [-0.05, 0) is 23.1 Å². The van der Waals surface area contributed by atoms with Crippen molar-refractivity contribution in [2.24, 2.45) is 0 Å². The van der Waals surface area contributed by atoms with E-state index < -0.39 is 0 Å². The number of rotatable bonds is 1. The summed E-state index contributed by atoms with van der Waals surface area (Å²) in [5.41, 5.74) is 2.78. The van der Waals surface area contributed by atoms with Crippen LogP contribution in [0.5, 0.6) is 0 Å². The maximum absolute atomic E-state index is 11.9. The lowest BCUT2D eigenvalue weighted by Gasteiger charge is -2.18. The van der Waals surface area contributed by atoms with E-state index in [1.54, 1.807) is 13.8 Å². The van der Waals surface area contributed by atoms with Crippen molar-refractivity contribution < 1.29 is 9.15 Å². The second-order valence-corrected chi connectivity index (χ2v) is 5.67. The molecule has 0 aliphatic carbocycles. The number of nitrogens with zero attached hydrogens (tertiary/aromatic N) is 1. The molecule has 3 nitrogen and oxygen atoms in total. The fourth-order valence-corrected chi connectivity index (χ4v) is 1.84. The topological polar surface area (TPSA) is 40.1 Å². The smallest absolute Gasteiger partial charge is 0.392 e. The normalized spacial score (nSPS) is 11.8. The summed E-state index contributed by atoms with van der Waals surface area (Å²) in [4.78, 5) is 0. The van der Waals surface area contributed by atoms with E-state index in [1.807, 2.05) is 24.3 Å². The molecule has 0 unspecified atom stereocenters. The van der Waals surface area contributed by atoms with Crippen molar-refractivity contribution in [2.45, 2.75) is 40.0 Å². The molecule has 0 aliphatic rings. The lowest BCUT2D eigenvalue weighted by atomic mass is 9.87. The van der Waals surface area contributed by atoms with Crippen LogP contribution >= 0.6 is 0 Å². The summed E-state index contributed by atoms with van der Waals surface area (Å²) in [5, 5.41) is 11.9. The molecule has 0 spiro atoms. The summed E-state index contributed by atoms with van der Waals surface area (Å²) < 4.78 is 6.36. The maximum Gasteiger partial charge on any atom is 0.392 e. The van der Waals surface area contributed by atoms with Gasteiger partial charge in [-0.1, -0.05) is 32.9 Å². The maximum atomic E-state index is 11.9. The Labute approximate surface area is 108 Å². The molecule has 2 rings (SSSR count). The summed E-state index contributed by atoms with van der Waals surface area (Å²) >= 11 is 0. The van der Waals surface area contributed by atoms with Crippen LogP contribution in [0.25, 0.3) is 11.5 Å². The van der Waals surface area contributed by atoms with E-state index in [9.17, 15) is 5.21 Å².